The molecule has 0 bridgehead atoms. The maximum atomic E-state index is 2.46. The fourth-order valence-corrected chi connectivity index (χ4v) is 10.9. The van der Waals surface area contributed by atoms with Crippen molar-refractivity contribution < 1.29 is 0 Å². The minimum Gasteiger partial charge on any atom is -0.310 e. The van der Waals surface area contributed by atoms with E-state index in [1.54, 1.807) is 0 Å². The van der Waals surface area contributed by atoms with Crippen LogP contribution in [0.2, 0.25) is 0 Å². The van der Waals surface area contributed by atoms with Gasteiger partial charge in [0.15, 0.2) is 0 Å². The summed E-state index contributed by atoms with van der Waals surface area (Å²) in [6.45, 7) is 9.47. The normalized spacial score (nSPS) is 14.1. The Morgan fingerprint density at radius 2 is 0.839 bits per heavy atom. The van der Waals surface area contributed by atoms with E-state index in [1.165, 1.54) is 94.3 Å². The molecule has 296 valence electrons. The third-order valence-electron chi connectivity index (χ3n) is 14.0. The largest absolute Gasteiger partial charge is 0.310 e. The Bertz CT molecular complexity index is 3290. The molecule has 0 radical (unpaired) electrons. The van der Waals surface area contributed by atoms with Gasteiger partial charge < -0.3 is 9.47 Å². The predicted octanol–water partition coefficient (Wildman–Crippen LogP) is 16.2. The molecule has 1 heterocycles. The Morgan fingerprint density at radius 3 is 1.50 bits per heavy atom. The average molecular weight is 795 g/mol. The van der Waals surface area contributed by atoms with Crippen molar-refractivity contribution in [3.63, 3.8) is 0 Å². The molecule has 2 aliphatic carbocycles. The van der Waals surface area contributed by atoms with Gasteiger partial charge in [0.05, 0.1) is 11.0 Å². The second-order valence-corrected chi connectivity index (χ2v) is 18.2. The Labute approximate surface area is 364 Å². The van der Waals surface area contributed by atoms with Crippen molar-refractivity contribution in [3.05, 3.63) is 229 Å². The first-order valence-electron chi connectivity index (χ1n) is 21.8. The highest BCUT2D eigenvalue weighted by Crippen LogP contribution is 2.53. The average Bonchev–Trinajstić information content (AvgIpc) is 3.86. The second kappa shape index (κ2) is 13.5. The lowest BCUT2D eigenvalue weighted by molar-refractivity contribution is 0.660. The summed E-state index contributed by atoms with van der Waals surface area (Å²) < 4.78 is 2.39. The molecule has 0 atom stereocenters. The summed E-state index contributed by atoms with van der Waals surface area (Å²) in [7, 11) is 0. The lowest BCUT2D eigenvalue weighted by Gasteiger charge is -2.30. The summed E-state index contributed by atoms with van der Waals surface area (Å²) in [6, 6.07) is 76.5. The first-order chi connectivity index (χ1) is 30.3. The number of anilines is 3. The van der Waals surface area contributed by atoms with Gasteiger partial charge in [-0.05, 0) is 133 Å². The highest BCUT2D eigenvalue weighted by molar-refractivity contribution is 6.16. The number of benzene rings is 9. The van der Waals surface area contributed by atoms with Crippen LogP contribution in [-0.4, -0.2) is 4.57 Å². The van der Waals surface area contributed by atoms with E-state index in [-0.39, 0.29) is 10.8 Å². The molecular weight excluding hydrogens is 749 g/mol. The number of rotatable bonds is 6. The van der Waals surface area contributed by atoms with Crippen molar-refractivity contribution in [2.75, 3.05) is 4.90 Å². The molecule has 9 aromatic carbocycles. The van der Waals surface area contributed by atoms with E-state index in [2.05, 4.69) is 243 Å². The van der Waals surface area contributed by atoms with E-state index in [0.717, 1.165) is 17.1 Å². The molecule has 0 spiro atoms. The molecule has 12 rings (SSSR count). The molecule has 1 aromatic heterocycles. The zero-order chi connectivity index (χ0) is 41.7. The van der Waals surface area contributed by atoms with Crippen LogP contribution in [0.25, 0.3) is 72.0 Å². The topological polar surface area (TPSA) is 8.17 Å². The van der Waals surface area contributed by atoms with Crippen LogP contribution in [0.15, 0.2) is 206 Å². The summed E-state index contributed by atoms with van der Waals surface area (Å²) in [5.41, 5.74) is 22.5. The predicted molar refractivity (Wildman–Crippen MR) is 261 cm³/mol. The van der Waals surface area contributed by atoms with Crippen molar-refractivity contribution in [2.24, 2.45) is 0 Å². The second-order valence-electron chi connectivity index (χ2n) is 18.2. The van der Waals surface area contributed by atoms with Crippen LogP contribution in [0.3, 0.4) is 0 Å². The Morgan fingerprint density at radius 1 is 0.339 bits per heavy atom. The van der Waals surface area contributed by atoms with Crippen molar-refractivity contribution in [3.8, 4) is 50.2 Å². The Hall–Kier alpha value is -7.42. The van der Waals surface area contributed by atoms with Crippen LogP contribution < -0.4 is 4.90 Å². The molecule has 0 amide bonds. The van der Waals surface area contributed by atoms with Crippen LogP contribution >= 0.6 is 0 Å². The van der Waals surface area contributed by atoms with E-state index in [9.17, 15) is 0 Å². The van der Waals surface area contributed by atoms with Gasteiger partial charge >= 0.3 is 0 Å². The number of aromatic nitrogens is 1. The lowest BCUT2D eigenvalue weighted by Crippen LogP contribution is -2.18. The van der Waals surface area contributed by atoms with Gasteiger partial charge in [-0.3, -0.25) is 0 Å². The number of nitrogens with zero attached hydrogens (tertiary/aromatic N) is 2. The minimum atomic E-state index is -0.106. The van der Waals surface area contributed by atoms with Gasteiger partial charge in [0.25, 0.3) is 0 Å². The molecule has 2 aliphatic rings. The van der Waals surface area contributed by atoms with Crippen molar-refractivity contribution in [1.82, 2.24) is 4.57 Å². The van der Waals surface area contributed by atoms with Gasteiger partial charge in [0.2, 0.25) is 0 Å². The van der Waals surface area contributed by atoms with E-state index >= 15 is 0 Å². The first kappa shape index (κ1) is 36.4. The summed E-state index contributed by atoms with van der Waals surface area (Å²) >= 11 is 0. The third-order valence-corrected chi connectivity index (χ3v) is 14.0. The quantitative estimate of drug-likeness (QED) is 0.163. The fraction of sp³-hybridized carbons (Fsp3) is 0.100. The summed E-state index contributed by atoms with van der Waals surface area (Å²) in [4.78, 5) is 2.46. The van der Waals surface area contributed by atoms with Gasteiger partial charge in [-0.15, -0.1) is 0 Å². The molecule has 0 saturated carbocycles. The Balaban J connectivity index is 0.967. The zero-order valence-electron chi connectivity index (χ0n) is 35.5. The van der Waals surface area contributed by atoms with Crippen LogP contribution in [0.1, 0.15) is 49.9 Å². The third kappa shape index (κ3) is 5.36. The number of para-hydroxylation sites is 2. The van der Waals surface area contributed by atoms with Crippen LogP contribution in [-0.2, 0) is 10.8 Å². The molecule has 62 heavy (non-hydrogen) atoms. The SMILES string of the molecule is CC1(C)c2ccccc2-c2ccc(N(c3ccc(-c4cccc(-c5cccc6c5c5ccccc5n6-c5ccccc5)c4)cc3)c3ccc4c(c3)C(C)(C)c3ccccc3-4)cc21. The van der Waals surface area contributed by atoms with E-state index < -0.39 is 0 Å². The highest BCUT2D eigenvalue weighted by atomic mass is 15.1. The maximum Gasteiger partial charge on any atom is 0.0547 e. The minimum absolute atomic E-state index is 0.106. The van der Waals surface area contributed by atoms with Gasteiger partial charge in [-0.2, -0.15) is 0 Å². The molecule has 0 N–H and O–H groups in total. The molecule has 0 aliphatic heterocycles. The molecule has 0 saturated heterocycles. The Kier molecular flexibility index (Phi) is 7.96. The fourth-order valence-electron chi connectivity index (χ4n) is 10.9. The number of hydrogen-bond acceptors (Lipinski definition) is 1. The summed E-state index contributed by atoms with van der Waals surface area (Å²) in [5, 5.41) is 2.53. The van der Waals surface area contributed by atoms with E-state index in [4.69, 9.17) is 0 Å². The number of fused-ring (bicyclic) bond motifs is 9. The zero-order valence-corrected chi connectivity index (χ0v) is 35.5. The van der Waals surface area contributed by atoms with Gasteiger partial charge in [-0.1, -0.05) is 167 Å². The molecule has 0 unspecified atom stereocenters. The van der Waals surface area contributed by atoms with Crippen LogP contribution in [0.4, 0.5) is 17.1 Å². The van der Waals surface area contributed by atoms with Gasteiger partial charge in [0.1, 0.15) is 0 Å². The molecule has 2 heteroatoms. The van der Waals surface area contributed by atoms with Crippen molar-refractivity contribution in [1.29, 1.82) is 0 Å². The van der Waals surface area contributed by atoms with E-state index in [0.29, 0.717) is 0 Å². The number of hydrogen-bond donors (Lipinski definition) is 0. The smallest absolute Gasteiger partial charge is 0.0547 e. The maximum absolute atomic E-state index is 2.46. The highest BCUT2D eigenvalue weighted by Gasteiger charge is 2.37. The molecule has 10 aromatic rings. The summed E-state index contributed by atoms with van der Waals surface area (Å²) in [6.07, 6.45) is 0. The monoisotopic (exact) mass is 794 g/mol. The van der Waals surface area contributed by atoms with E-state index in [1.807, 2.05) is 0 Å². The van der Waals surface area contributed by atoms with Crippen molar-refractivity contribution >= 4 is 38.9 Å². The van der Waals surface area contributed by atoms with Crippen LogP contribution in [0, 0.1) is 0 Å². The van der Waals surface area contributed by atoms with Crippen molar-refractivity contribution in [2.45, 2.75) is 38.5 Å². The standard InChI is InChI=1S/C60H46N2/c1-59(2)52-24-11-8-20-47(52)49-34-32-44(37-54(49)59)61(45-33-35-50-48-21-9-12-25-53(48)60(3,4)55(50)38-45)43-30-28-39(29-31-43)40-16-14-17-41(36-40)46-23-15-27-57-58(46)51-22-10-13-26-56(51)62(57)42-18-6-5-7-19-42/h5-38H,1-4H3. The molecule has 0 fully saturated rings. The summed E-state index contributed by atoms with van der Waals surface area (Å²) in [5.74, 6) is 0. The van der Waals surface area contributed by atoms with Crippen LogP contribution in [0.5, 0.6) is 0 Å². The van der Waals surface area contributed by atoms with Gasteiger partial charge in [-0.25, -0.2) is 0 Å². The molecular formula is C60H46N2. The first-order valence-corrected chi connectivity index (χ1v) is 21.8. The lowest BCUT2D eigenvalue weighted by atomic mass is 9.82. The van der Waals surface area contributed by atoms with Gasteiger partial charge in [0, 0.05) is 44.4 Å². The molecule has 2 nitrogen and oxygen atoms in total.